The normalized spacial score (nSPS) is 9.89. The van der Waals surface area contributed by atoms with Crippen LogP contribution in [-0.4, -0.2) is 13.6 Å². The summed E-state index contributed by atoms with van der Waals surface area (Å²) in [4.78, 5) is 2.16. The number of rotatable bonds is 4. The average molecular weight is 251 g/mol. The lowest BCUT2D eigenvalue weighted by Crippen LogP contribution is -2.20. The van der Waals surface area contributed by atoms with Gasteiger partial charge in [-0.05, 0) is 42.3 Å². The molecule has 96 valence electrons. The van der Waals surface area contributed by atoms with Gasteiger partial charge in [0.1, 0.15) is 0 Å². The molecule has 0 saturated heterocycles. The van der Waals surface area contributed by atoms with Crippen LogP contribution < -0.4 is 10.6 Å². The van der Waals surface area contributed by atoms with Crippen molar-refractivity contribution >= 4 is 11.4 Å². The molecule has 0 aromatic heterocycles. The van der Waals surface area contributed by atoms with Crippen molar-refractivity contribution in [3.05, 3.63) is 59.7 Å². The zero-order chi connectivity index (χ0) is 13.7. The van der Waals surface area contributed by atoms with E-state index in [9.17, 15) is 0 Å². The Morgan fingerprint density at radius 2 is 1.79 bits per heavy atom. The largest absolute Gasteiger partial charge is 0.399 e. The maximum Gasteiger partial charge on any atom is 0.0991 e. The van der Waals surface area contributed by atoms with Gasteiger partial charge in [-0.3, -0.25) is 0 Å². The molecule has 3 heteroatoms. The molecule has 2 rings (SSSR count). The quantitative estimate of drug-likeness (QED) is 0.850. The van der Waals surface area contributed by atoms with Crippen LogP contribution in [0.25, 0.3) is 0 Å². The summed E-state index contributed by atoms with van der Waals surface area (Å²) in [6.07, 6.45) is 0.906. The number of nitriles is 1. The Hall–Kier alpha value is -2.47. The maximum absolute atomic E-state index is 8.77. The maximum atomic E-state index is 8.77. The predicted molar refractivity (Wildman–Crippen MR) is 79.0 cm³/mol. The van der Waals surface area contributed by atoms with Crippen LogP contribution in [0.1, 0.15) is 11.1 Å². The Bertz CT molecular complexity index is 582. The Morgan fingerprint density at radius 3 is 2.42 bits per heavy atom. The molecule has 2 aromatic carbocycles. The van der Waals surface area contributed by atoms with Crippen molar-refractivity contribution in [2.45, 2.75) is 6.42 Å². The molecule has 0 saturated carbocycles. The third kappa shape index (κ3) is 3.26. The summed E-state index contributed by atoms with van der Waals surface area (Å²) < 4.78 is 0. The third-order valence-electron chi connectivity index (χ3n) is 3.21. The molecule has 0 spiro atoms. The van der Waals surface area contributed by atoms with Gasteiger partial charge in [0.2, 0.25) is 0 Å². The zero-order valence-corrected chi connectivity index (χ0v) is 11.0. The fourth-order valence-corrected chi connectivity index (χ4v) is 1.97. The smallest absolute Gasteiger partial charge is 0.0991 e. The number of nitrogens with two attached hydrogens (primary N) is 1. The van der Waals surface area contributed by atoms with Gasteiger partial charge < -0.3 is 10.6 Å². The van der Waals surface area contributed by atoms with Crippen molar-refractivity contribution < 1.29 is 0 Å². The molecule has 0 aliphatic carbocycles. The van der Waals surface area contributed by atoms with E-state index in [1.54, 1.807) is 0 Å². The molecule has 2 N–H and O–H groups in total. The van der Waals surface area contributed by atoms with Gasteiger partial charge in [0.25, 0.3) is 0 Å². The second kappa shape index (κ2) is 5.92. The first kappa shape index (κ1) is 13.0. The summed E-state index contributed by atoms with van der Waals surface area (Å²) in [5, 5.41) is 8.77. The first-order valence-electron chi connectivity index (χ1n) is 6.25. The minimum Gasteiger partial charge on any atom is -0.399 e. The summed E-state index contributed by atoms with van der Waals surface area (Å²) in [6.45, 7) is 0.889. The fourth-order valence-electron chi connectivity index (χ4n) is 1.97. The van der Waals surface area contributed by atoms with Gasteiger partial charge in [0, 0.05) is 25.0 Å². The molecule has 19 heavy (non-hydrogen) atoms. The van der Waals surface area contributed by atoms with E-state index in [1.807, 2.05) is 49.5 Å². The van der Waals surface area contributed by atoms with Crippen molar-refractivity contribution in [2.24, 2.45) is 0 Å². The first-order chi connectivity index (χ1) is 9.20. The Balaban J connectivity index is 1.99. The van der Waals surface area contributed by atoms with E-state index in [0.717, 1.165) is 24.3 Å². The van der Waals surface area contributed by atoms with Gasteiger partial charge in [0.15, 0.2) is 0 Å². The fraction of sp³-hybridized carbons (Fsp3) is 0.188. The second-order valence-corrected chi connectivity index (χ2v) is 4.53. The van der Waals surface area contributed by atoms with Crippen molar-refractivity contribution in [3.8, 4) is 6.07 Å². The summed E-state index contributed by atoms with van der Waals surface area (Å²) >= 11 is 0. The van der Waals surface area contributed by atoms with E-state index in [1.165, 1.54) is 5.56 Å². The summed E-state index contributed by atoms with van der Waals surface area (Å²) in [7, 11) is 2.04. The van der Waals surface area contributed by atoms with Crippen LogP contribution in [0.3, 0.4) is 0 Å². The highest BCUT2D eigenvalue weighted by atomic mass is 15.1. The predicted octanol–water partition coefficient (Wildman–Crippen LogP) is 2.82. The van der Waals surface area contributed by atoms with Crippen molar-refractivity contribution in [1.29, 1.82) is 5.26 Å². The number of nitrogens with zero attached hydrogens (tertiary/aromatic N) is 2. The van der Waals surface area contributed by atoms with E-state index in [-0.39, 0.29) is 0 Å². The van der Waals surface area contributed by atoms with E-state index < -0.39 is 0 Å². The standard InChI is InChI=1S/C16H17N3/c1-19(15-8-6-13(12-17)7-9-15)11-10-14-4-2-3-5-16(14)18/h2-9H,10-11,18H2,1H3. The zero-order valence-electron chi connectivity index (χ0n) is 11.0. The molecule has 0 aliphatic heterocycles. The number of nitrogen functional groups attached to an aromatic ring is 1. The minimum atomic E-state index is 0.685. The molecule has 0 fully saturated rings. The topological polar surface area (TPSA) is 53.0 Å². The van der Waals surface area contributed by atoms with Crippen LogP contribution in [0, 0.1) is 11.3 Å². The molecule has 0 amide bonds. The Morgan fingerprint density at radius 1 is 1.11 bits per heavy atom. The second-order valence-electron chi connectivity index (χ2n) is 4.53. The minimum absolute atomic E-state index is 0.685. The number of benzene rings is 2. The van der Waals surface area contributed by atoms with Crippen LogP contribution >= 0.6 is 0 Å². The van der Waals surface area contributed by atoms with Gasteiger partial charge in [-0.15, -0.1) is 0 Å². The lowest BCUT2D eigenvalue weighted by atomic mass is 10.1. The van der Waals surface area contributed by atoms with Crippen LogP contribution in [0.15, 0.2) is 48.5 Å². The molecule has 0 radical (unpaired) electrons. The summed E-state index contributed by atoms with van der Waals surface area (Å²) in [6, 6.07) is 17.7. The molecular weight excluding hydrogens is 234 g/mol. The van der Waals surface area contributed by atoms with Gasteiger partial charge in [-0.2, -0.15) is 5.26 Å². The highest BCUT2D eigenvalue weighted by Gasteiger charge is 2.03. The van der Waals surface area contributed by atoms with Crippen molar-refractivity contribution in [2.75, 3.05) is 24.2 Å². The van der Waals surface area contributed by atoms with E-state index >= 15 is 0 Å². The molecule has 0 atom stereocenters. The third-order valence-corrected chi connectivity index (χ3v) is 3.21. The molecular formula is C16H17N3. The van der Waals surface area contributed by atoms with Crippen molar-refractivity contribution in [1.82, 2.24) is 0 Å². The molecule has 0 heterocycles. The van der Waals surface area contributed by atoms with Gasteiger partial charge in [-0.1, -0.05) is 18.2 Å². The molecule has 0 aliphatic rings. The van der Waals surface area contributed by atoms with E-state index in [4.69, 9.17) is 11.0 Å². The molecule has 2 aromatic rings. The van der Waals surface area contributed by atoms with Crippen LogP contribution in [-0.2, 0) is 6.42 Å². The number of para-hydroxylation sites is 1. The summed E-state index contributed by atoms with van der Waals surface area (Å²) in [5.74, 6) is 0. The van der Waals surface area contributed by atoms with E-state index in [2.05, 4.69) is 17.0 Å². The Kier molecular flexibility index (Phi) is 4.04. The highest BCUT2D eigenvalue weighted by molar-refractivity contribution is 5.50. The monoisotopic (exact) mass is 251 g/mol. The summed E-state index contributed by atoms with van der Waals surface area (Å²) in [5.41, 5.74) is 9.73. The van der Waals surface area contributed by atoms with Crippen LogP contribution in [0.2, 0.25) is 0 Å². The first-order valence-corrected chi connectivity index (χ1v) is 6.25. The molecule has 3 nitrogen and oxygen atoms in total. The number of hydrogen-bond acceptors (Lipinski definition) is 3. The van der Waals surface area contributed by atoms with Crippen LogP contribution in [0.5, 0.6) is 0 Å². The number of anilines is 2. The lowest BCUT2D eigenvalue weighted by Gasteiger charge is -2.19. The van der Waals surface area contributed by atoms with Crippen LogP contribution in [0.4, 0.5) is 11.4 Å². The van der Waals surface area contributed by atoms with Gasteiger partial charge in [-0.25, -0.2) is 0 Å². The highest BCUT2D eigenvalue weighted by Crippen LogP contribution is 2.16. The average Bonchev–Trinajstić information content (AvgIpc) is 2.46. The Labute approximate surface area is 113 Å². The van der Waals surface area contributed by atoms with Crippen molar-refractivity contribution in [3.63, 3.8) is 0 Å². The van der Waals surface area contributed by atoms with Gasteiger partial charge in [0.05, 0.1) is 11.6 Å². The molecule has 0 unspecified atom stereocenters. The van der Waals surface area contributed by atoms with Gasteiger partial charge >= 0.3 is 0 Å². The number of hydrogen-bond donors (Lipinski definition) is 1. The number of likely N-dealkylation sites (N-methyl/N-ethyl adjacent to an activating group) is 1. The van der Waals surface area contributed by atoms with E-state index in [0.29, 0.717) is 5.56 Å². The lowest BCUT2D eigenvalue weighted by molar-refractivity contribution is 0.878. The molecule has 0 bridgehead atoms. The SMILES string of the molecule is CN(CCc1ccccc1N)c1ccc(C#N)cc1.